The van der Waals surface area contributed by atoms with Gasteiger partial charge in [0.15, 0.2) is 0 Å². The van der Waals surface area contributed by atoms with E-state index in [2.05, 4.69) is 208 Å². The second kappa shape index (κ2) is 13.4. The molecule has 0 atom stereocenters. The van der Waals surface area contributed by atoms with E-state index in [-0.39, 0.29) is 0 Å². The first-order valence-corrected chi connectivity index (χ1v) is 20.3. The molecular formula is C55H42N2O2. The standard InChI is InChI=1S/C55H42N2O2/c1-33-20-34(2)23-46(22-33)56(42-12-8-6-9-13-42)44-18-16-38-28-48-50(30-40(38)26-44)58-52-32-53-55(37(5)54(48)52)49-29-39-17-19-45(27-41(39)31-51(49)59-53)57(43-14-10-7-11-15-43)47-24-35(3)21-36(4)25-47/h6-32H,1-5H3. The minimum atomic E-state index is 0.833. The van der Waals surface area contributed by atoms with Crippen molar-refractivity contribution in [2.75, 3.05) is 9.80 Å². The third kappa shape index (κ3) is 5.90. The molecule has 4 heteroatoms. The molecule has 284 valence electrons. The monoisotopic (exact) mass is 762 g/mol. The number of nitrogens with zero attached hydrogens (tertiary/aromatic N) is 2. The molecule has 0 spiro atoms. The maximum atomic E-state index is 6.69. The molecule has 2 aromatic heterocycles. The van der Waals surface area contributed by atoms with E-state index in [4.69, 9.17) is 8.83 Å². The average molecular weight is 763 g/mol. The summed E-state index contributed by atoms with van der Waals surface area (Å²) in [6.07, 6.45) is 0. The Morgan fingerprint density at radius 3 is 1.12 bits per heavy atom. The number of anilines is 6. The first-order valence-electron chi connectivity index (χ1n) is 20.3. The van der Waals surface area contributed by atoms with Crippen molar-refractivity contribution in [1.82, 2.24) is 0 Å². The zero-order valence-electron chi connectivity index (χ0n) is 33.8. The number of hydrogen-bond acceptors (Lipinski definition) is 4. The van der Waals surface area contributed by atoms with Crippen molar-refractivity contribution in [1.29, 1.82) is 0 Å². The van der Waals surface area contributed by atoms with Gasteiger partial charge in [0.1, 0.15) is 22.3 Å². The van der Waals surface area contributed by atoms with Crippen LogP contribution in [0.15, 0.2) is 173 Å². The Balaban J connectivity index is 1.03. The van der Waals surface area contributed by atoms with Crippen LogP contribution >= 0.6 is 0 Å². The maximum Gasteiger partial charge on any atom is 0.139 e. The second-order valence-electron chi connectivity index (χ2n) is 16.2. The number of para-hydroxylation sites is 2. The van der Waals surface area contributed by atoms with Crippen molar-refractivity contribution in [2.24, 2.45) is 0 Å². The number of aryl methyl sites for hydroxylation is 5. The van der Waals surface area contributed by atoms with E-state index in [1.807, 2.05) is 0 Å². The SMILES string of the molecule is Cc1cc(C)cc(N(c2ccccc2)c2ccc3cc4c(cc3c2)oc2cc3oc5cc6cc(N(c7ccccc7)c7cc(C)cc(C)c7)ccc6cc5c3c(C)c24)c1. The van der Waals surface area contributed by atoms with Gasteiger partial charge in [0, 0.05) is 61.7 Å². The van der Waals surface area contributed by atoms with E-state index in [0.29, 0.717) is 0 Å². The third-order valence-electron chi connectivity index (χ3n) is 11.8. The quantitative estimate of drug-likeness (QED) is 0.169. The van der Waals surface area contributed by atoms with E-state index >= 15 is 0 Å². The molecule has 0 unspecified atom stereocenters. The number of hydrogen-bond donors (Lipinski definition) is 0. The number of rotatable bonds is 6. The fraction of sp³-hybridized carbons (Fsp3) is 0.0909. The summed E-state index contributed by atoms with van der Waals surface area (Å²) in [5.74, 6) is 0. The normalized spacial score (nSPS) is 11.8. The van der Waals surface area contributed by atoms with Gasteiger partial charge < -0.3 is 18.6 Å². The highest BCUT2D eigenvalue weighted by Crippen LogP contribution is 2.44. The topological polar surface area (TPSA) is 32.8 Å². The van der Waals surface area contributed by atoms with Crippen LogP contribution < -0.4 is 9.80 Å². The highest BCUT2D eigenvalue weighted by Gasteiger charge is 2.21. The predicted octanol–water partition coefficient (Wildman–Crippen LogP) is 16.3. The van der Waals surface area contributed by atoms with Crippen LogP contribution in [0.25, 0.3) is 65.4 Å². The van der Waals surface area contributed by atoms with Crippen LogP contribution in [-0.4, -0.2) is 0 Å². The molecular weight excluding hydrogens is 721 g/mol. The zero-order chi connectivity index (χ0) is 39.9. The molecule has 0 aliphatic heterocycles. The van der Waals surface area contributed by atoms with Crippen molar-refractivity contribution < 1.29 is 8.83 Å². The van der Waals surface area contributed by atoms with E-state index in [0.717, 1.165) is 94.3 Å². The molecule has 0 aliphatic rings. The van der Waals surface area contributed by atoms with Crippen LogP contribution in [0.4, 0.5) is 34.1 Å². The minimum Gasteiger partial charge on any atom is -0.456 e. The van der Waals surface area contributed by atoms with Crippen molar-refractivity contribution in [2.45, 2.75) is 34.6 Å². The summed E-state index contributed by atoms with van der Waals surface area (Å²) in [4.78, 5) is 4.67. The summed E-state index contributed by atoms with van der Waals surface area (Å²) < 4.78 is 13.4. The van der Waals surface area contributed by atoms with Crippen LogP contribution in [-0.2, 0) is 0 Å². The summed E-state index contributed by atoms with van der Waals surface area (Å²) in [5.41, 5.74) is 16.2. The molecule has 11 aromatic rings. The fourth-order valence-corrected chi connectivity index (χ4v) is 9.40. The highest BCUT2D eigenvalue weighted by atomic mass is 16.3. The summed E-state index contributed by atoms with van der Waals surface area (Å²) in [6, 6.07) is 59.2. The Morgan fingerprint density at radius 2 is 0.712 bits per heavy atom. The van der Waals surface area contributed by atoms with Gasteiger partial charge in [0.05, 0.1) is 0 Å². The lowest BCUT2D eigenvalue weighted by molar-refractivity contribution is 0.656. The van der Waals surface area contributed by atoms with Gasteiger partial charge in [-0.25, -0.2) is 0 Å². The summed E-state index contributed by atoms with van der Waals surface area (Å²) in [7, 11) is 0. The van der Waals surface area contributed by atoms with Gasteiger partial charge in [-0.15, -0.1) is 0 Å². The summed E-state index contributed by atoms with van der Waals surface area (Å²) >= 11 is 0. The molecule has 11 rings (SSSR count). The van der Waals surface area contributed by atoms with E-state index in [9.17, 15) is 0 Å². The Bertz CT molecular complexity index is 3180. The predicted molar refractivity (Wildman–Crippen MR) is 249 cm³/mol. The molecule has 0 N–H and O–H groups in total. The molecule has 4 nitrogen and oxygen atoms in total. The number of fused-ring (bicyclic) bond motifs is 8. The van der Waals surface area contributed by atoms with Gasteiger partial charge in [0.2, 0.25) is 0 Å². The van der Waals surface area contributed by atoms with E-state index in [1.165, 1.54) is 33.0 Å². The van der Waals surface area contributed by atoms with Crippen molar-refractivity contribution in [3.8, 4) is 0 Å². The molecule has 0 aliphatic carbocycles. The highest BCUT2D eigenvalue weighted by molar-refractivity contribution is 6.21. The fourth-order valence-electron chi connectivity index (χ4n) is 9.40. The molecule has 59 heavy (non-hydrogen) atoms. The Morgan fingerprint density at radius 1 is 0.305 bits per heavy atom. The van der Waals surface area contributed by atoms with Crippen LogP contribution in [0.3, 0.4) is 0 Å². The van der Waals surface area contributed by atoms with Gasteiger partial charge in [-0.1, -0.05) is 60.7 Å². The Kier molecular flexibility index (Phi) is 7.92. The average Bonchev–Trinajstić information content (AvgIpc) is 3.76. The van der Waals surface area contributed by atoms with Crippen LogP contribution in [0.5, 0.6) is 0 Å². The molecule has 0 bridgehead atoms. The van der Waals surface area contributed by atoms with Gasteiger partial charge >= 0.3 is 0 Å². The van der Waals surface area contributed by atoms with Crippen LogP contribution in [0, 0.1) is 34.6 Å². The molecule has 0 saturated heterocycles. The Labute approximate surface area is 343 Å². The van der Waals surface area contributed by atoms with Crippen molar-refractivity contribution >= 4 is 99.5 Å². The Hall–Kier alpha value is -7.30. The molecule has 0 radical (unpaired) electrons. The second-order valence-corrected chi connectivity index (χ2v) is 16.2. The van der Waals surface area contributed by atoms with Crippen molar-refractivity contribution in [3.05, 3.63) is 192 Å². The lowest BCUT2D eigenvalue weighted by atomic mass is 9.98. The first-order chi connectivity index (χ1) is 28.7. The smallest absolute Gasteiger partial charge is 0.139 e. The van der Waals surface area contributed by atoms with Gasteiger partial charge in [-0.2, -0.15) is 0 Å². The third-order valence-corrected chi connectivity index (χ3v) is 11.8. The molecule has 9 aromatic carbocycles. The van der Waals surface area contributed by atoms with Crippen LogP contribution in [0.1, 0.15) is 27.8 Å². The van der Waals surface area contributed by atoms with Crippen molar-refractivity contribution in [3.63, 3.8) is 0 Å². The van der Waals surface area contributed by atoms with Gasteiger partial charge in [-0.3, -0.25) is 0 Å². The number of benzene rings is 9. The van der Waals surface area contributed by atoms with E-state index < -0.39 is 0 Å². The largest absolute Gasteiger partial charge is 0.456 e. The first kappa shape index (κ1) is 34.9. The molecule has 2 heterocycles. The molecule has 0 amide bonds. The van der Waals surface area contributed by atoms with Gasteiger partial charge in [0.25, 0.3) is 0 Å². The molecule has 0 fully saturated rings. The van der Waals surface area contributed by atoms with E-state index in [1.54, 1.807) is 0 Å². The zero-order valence-corrected chi connectivity index (χ0v) is 33.8. The summed E-state index contributed by atoms with van der Waals surface area (Å²) in [5, 5.41) is 9.07. The number of furan rings is 2. The summed E-state index contributed by atoms with van der Waals surface area (Å²) in [6.45, 7) is 10.8. The minimum absolute atomic E-state index is 0.833. The molecule has 0 saturated carbocycles. The maximum absolute atomic E-state index is 6.69. The van der Waals surface area contributed by atoms with Gasteiger partial charge in [-0.05, 0) is 181 Å². The van der Waals surface area contributed by atoms with Crippen LogP contribution in [0.2, 0.25) is 0 Å². The lowest BCUT2D eigenvalue weighted by Gasteiger charge is -2.26. The lowest BCUT2D eigenvalue weighted by Crippen LogP contribution is -2.10.